The van der Waals surface area contributed by atoms with Gasteiger partial charge in [-0.15, -0.1) is 0 Å². The number of nitrogens with zero attached hydrogens (tertiary/aromatic N) is 1. The number of fused-ring (bicyclic) bond motifs is 1. The van der Waals surface area contributed by atoms with Crippen LogP contribution >= 0.6 is 0 Å². The molecule has 0 saturated heterocycles. The summed E-state index contributed by atoms with van der Waals surface area (Å²) in [5.41, 5.74) is 4.59. The maximum absolute atomic E-state index is 13.0. The first-order chi connectivity index (χ1) is 14.3. The molecular weight excluding hydrogens is 412 g/mol. The molecule has 7 heteroatoms. The van der Waals surface area contributed by atoms with E-state index >= 15 is 0 Å². The van der Waals surface area contributed by atoms with Crippen LogP contribution in [0, 0.1) is 13.8 Å². The van der Waals surface area contributed by atoms with E-state index in [1.165, 1.54) is 4.31 Å². The van der Waals surface area contributed by atoms with Gasteiger partial charge < -0.3 is 10.1 Å². The van der Waals surface area contributed by atoms with Gasteiger partial charge in [0.2, 0.25) is 10.0 Å². The minimum Gasteiger partial charge on any atom is -0.476 e. The summed E-state index contributed by atoms with van der Waals surface area (Å²) in [5.74, 6) is 0.0515. The molecule has 168 valence electrons. The van der Waals surface area contributed by atoms with Crippen LogP contribution in [-0.4, -0.2) is 33.2 Å². The van der Waals surface area contributed by atoms with Gasteiger partial charge in [-0.3, -0.25) is 9.10 Å². The molecule has 1 aliphatic rings. The number of carbonyl (C=O) groups excluding carboxylic acids is 1. The van der Waals surface area contributed by atoms with Crippen molar-refractivity contribution in [3.8, 4) is 5.75 Å². The summed E-state index contributed by atoms with van der Waals surface area (Å²) in [5, 5.41) is 2.98. The van der Waals surface area contributed by atoms with Crippen LogP contribution < -0.4 is 14.4 Å². The molecule has 0 unspecified atom stereocenters. The van der Waals surface area contributed by atoms with Gasteiger partial charge in [0.25, 0.3) is 5.91 Å². The Bertz CT molecular complexity index is 1100. The summed E-state index contributed by atoms with van der Waals surface area (Å²) >= 11 is 0. The van der Waals surface area contributed by atoms with Gasteiger partial charge >= 0.3 is 0 Å². The van der Waals surface area contributed by atoms with Crippen molar-refractivity contribution in [2.75, 3.05) is 17.1 Å². The summed E-state index contributed by atoms with van der Waals surface area (Å²) < 4.78 is 32.3. The predicted octanol–water partition coefficient (Wildman–Crippen LogP) is 4.01. The van der Waals surface area contributed by atoms with Crippen LogP contribution in [-0.2, 0) is 20.2 Å². The van der Waals surface area contributed by atoms with Crippen LogP contribution in [0.2, 0.25) is 0 Å². The van der Waals surface area contributed by atoms with E-state index < -0.39 is 16.1 Å². The largest absolute Gasteiger partial charge is 0.476 e. The van der Waals surface area contributed by atoms with Crippen molar-refractivity contribution in [3.05, 3.63) is 58.7 Å². The van der Waals surface area contributed by atoms with Crippen molar-refractivity contribution < 1.29 is 17.9 Å². The lowest BCUT2D eigenvalue weighted by molar-refractivity contribution is -0.128. The number of anilines is 1. The minimum atomic E-state index is -3.59. The molecule has 6 nitrogen and oxygen atoms in total. The van der Waals surface area contributed by atoms with Crippen LogP contribution in [0.5, 0.6) is 5.75 Å². The van der Waals surface area contributed by atoms with Crippen molar-refractivity contribution in [3.63, 3.8) is 0 Å². The van der Waals surface area contributed by atoms with Crippen molar-refractivity contribution in [1.29, 1.82) is 0 Å². The number of ether oxygens (including phenoxy) is 1. The van der Waals surface area contributed by atoms with Crippen LogP contribution in [0.4, 0.5) is 5.69 Å². The molecule has 1 aliphatic heterocycles. The average molecular weight is 445 g/mol. The third-order valence-electron chi connectivity index (χ3n) is 5.64. The van der Waals surface area contributed by atoms with E-state index in [0.29, 0.717) is 11.4 Å². The first-order valence-corrected chi connectivity index (χ1v) is 12.3. The van der Waals surface area contributed by atoms with E-state index in [1.807, 2.05) is 45.0 Å². The number of benzene rings is 2. The Kier molecular flexibility index (Phi) is 6.11. The normalized spacial score (nSPS) is 17.5. The van der Waals surface area contributed by atoms with E-state index in [4.69, 9.17) is 4.74 Å². The molecule has 0 fully saturated rings. The lowest BCUT2D eigenvalue weighted by Crippen LogP contribution is -2.51. The molecule has 31 heavy (non-hydrogen) atoms. The molecule has 1 heterocycles. The summed E-state index contributed by atoms with van der Waals surface area (Å²) in [6, 6.07) is 11.4. The maximum atomic E-state index is 13.0. The molecule has 0 radical (unpaired) electrons. The predicted molar refractivity (Wildman–Crippen MR) is 124 cm³/mol. The summed E-state index contributed by atoms with van der Waals surface area (Å²) in [7, 11) is -3.59. The zero-order valence-corrected chi connectivity index (χ0v) is 20.1. The molecule has 0 aromatic heterocycles. The van der Waals surface area contributed by atoms with Crippen molar-refractivity contribution in [1.82, 2.24) is 5.32 Å². The standard InChI is InChI=1S/C24H32N2O4S/c1-15-8-10-19(16(2)12-15)17(3)25-23(27)22-14-26(31(7,28)29)20-13-18(24(4,5)6)9-11-21(20)30-22/h8-13,17,22H,14H2,1-7H3,(H,25,27)/t17-,22-/m0/s1. The highest BCUT2D eigenvalue weighted by Gasteiger charge is 2.36. The fourth-order valence-electron chi connectivity index (χ4n) is 3.86. The quantitative estimate of drug-likeness (QED) is 0.773. The van der Waals surface area contributed by atoms with E-state index in [1.54, 1.807) is 6.07 Å². The van der Waals surface area contributed by atoms with Crippen LogP contribution in [0.15, 0.2) is 36.4 Å². The number of nitrogens with one attached hydrogen (secondary N) is 1. The van der Waals surface area contributed by atoms with Gasteiger partial charge in [-0.05, 0) is 55.0 Å². The van der Waals surface area contributed by atoms with Gasteiger partial charge in [0.1, 0.15) is 5.75 Å². The number of amides is 1. The second kappa shape index (κ2) is 8.19. The lowest BCUT2D eigenvalue weighted by atomic mass is 9.86. The first-order valence-electron chi connectivity index (χ1n) is 10.4. The van der Waals surface area contributed by atoms with Gasteiger partial charge in [0, 0.05) is 0 Å². The molecule has 1 N–H and O–H groups in total. The van der Waals surface area contributed by atoms with Crippen molar-refractivity contribution in [2.24, 2.45) is 0 Å². The van der Waals surface area contributed by atoms with Crippen molar-refractivity contribution in [2.45, 2.75) is 59.1 Å². The van der Waals surface area contributed by atoms with Crippen LogP contribution in [0.1, 0.15) is 56.0 Å². The molecule has 2 aromatic carbocycles. The fraction of sp³-hybridized carbons (Fsp3) is 0.458. The molecule has 3 rings (SSSR count). The third kappa shape index (κ3) is 5.03. The molecule has 0 bridgehead atoms. The molecule has 0 spiro atoms. The number of aryl methyl sites for hydroxylation is 2. The van der Waals surface area contributed by atoms with Gasteiger partial charge in [0.05, 0.1) is 24.5 Å². The van der Waals surface area contributed by atoms with Crippen LogP contribution in [0.3, 0.4) is 0 Å². The number of hydrogen-bond donors (Lipinski definition) is 1. The fourth-order valence-corrected chi connectivity index (χ4v) is 4.77. The number of carbonyl (C=O) groups is 1. The Balaban J connectivity index is 1.87. The zero-order chi connectivity index (χ0) is 23.1. The first kappa shape index (κ1) is 23.1. The Morgan fingerprint density at radius 2 is 1.84 bits per heavy atom. The number of rotatable bonds is 4. The molecule has 1 amide bonds. The third-order valence-corrected chi connectivity index (χ3v) is 6.78. The minimum absolute atomic E-state index is 0.0646. The zero-order valence-electron chi connectivity index (χ0n) is 19.3. The molecular formula is C24H32N2O4S. The second-order valence-electron chi connectivity index (χ2n) is 9.42. The Labute approximate surface area is 185 Å². The molecule has 0 saturated carbocycles. The topological polar surface area (TPSA) is 75.7 Å². The highest BCUT2D eigenvalue weighted by molar-refractivity contribution is 7.92. The van der Waals surface area contributed by atoms with E-state index in [9.17, 15) is 13.2 Å². The van der Waals surface area contributed by atoms with Gasteiger partial charge in [0.15, 0.2) is 6.10 Å². The molecule has 2 atom stereocenters. The lowest BCUT2D eigenvalue weighted by Gasteiger charge is -2.35. The monoisotopic (exact) mass is 444 g/mol. The van der Waals surface area contributed by atoms with Gasteiger partial charge in [-0.2, -0.15) is 0 Å². The number of sulfonamides is 1. The van der Waals surface area contributed by atoms with E-state index in [2.05, 4.69) is 32.2 Å². The van der Waals surface area contributed by atoms with Gasteiger partial charge in [-0.1, -0.05) is 50.6 Å². The average Bonchev–Trinajstić information content (AvgIpc) is 2.64. The summed E-state index contributed by atoms with van der Waals surface area (Å²) in [6.07, 6.45) is 0.218. The highest BCUT2D eigenvalue weighted by Crippen LogP contribution is 2.38. The summed E-state index contributed by atoms with van der Waals surface area (Å²) in [4.78, 5) is 13.0. The molecule has 0 aliphatic carbocycles. The Morgan fingerprint density at radius 3 is 2.42 bits per heavy atom. The van der Waals surface area contributed by atoms with E-state index in [0.717, 1.165) is 28.5 Å². The SMILES string of the molecule is Cc1ccc([C@H](C)NC(=O)[C@@H]2CN(S(C)(=O)=O)c3cc(C(C)(C)C)ccc3O2)c(C)c1. The Hall–Kier alpha value is -2.54. The highest BCUT2D eigenvalue weighted by atomic mass is 32.2. The van der Waals surface area contributed by atoms with Gasteiger partial charge in [-0.25, -0.2) is 8.42 Å². The van der Waals surface area contributed by atoms with Crippen molar-refractivity contribution >= 4 is 21.6 Å². The van der Waals surface area contributed by atoms with Crippen LogP contribution in [0.25, 0.3) is 0 Å². The second-order valence-corrected chi connectivity index (χ2v) is 11.3. The Morgan fingerprint density at radius 1 is 1.16 bits per heavy atom. The molecule has 2 aromatic rings. The summed E-state index contributed by atoms with van der Waals surface area (Å²) in [6.45, 7) is 12.1. The van der Waals surface area contributed by atoms with E-state index in [-0.39, 0.29) is 23.9 Å². The smallest absolute Gasteiger partial charge is 0.263 e. The maximum Gasteiger partial charge on any atom is 0.263 e. The number of hydrogen-bond acceptors (Lipinski definition) is 4.